The number of nitrogens with zero attached hydrogens (tertiary/aromatic N) is 2. The topological polar surface area (TPSA) is 108 Å². The van der Waals surface area contributed by atoms with E-state index < -0.39 is 16.2 Å². The summed E-state index contributed by atoms with van der Waals surface area (Å²) < 4.78 is 0. The van der Waals surface area contributed by atoms with Gasteiger partial charge in [-0.05, 0) is 30.4 Å². The molecule has 0 unspecified atom stereocenters. The van der Waals surface area contributed by atoms with Crippen LogP contribution in [0.15, 0.2) is 34.9 Å². The highest BCUT2D eigenvalue weighted by Crippen LogP contribution is 2.64. The highest BCUT2D eigenvalue weighted by molar-refractivity contribution is 6.09. The van der Waals surface area contributed by atoms with Crippen molar-refractivity contribution in [3.63, 3.8) is 0 Å². The molecule has 0 radical (unpaired) electrons. The molecule has 3 rings (SSSR count). The van der Waals surface area contributed by atoms with Gasteiger partial charge in [0.1, 0.15) is 12.1 Å². The summed E-state index contributed by atoms with van der Waals surface area (Å²) in [5.41, 5.74) is 4.69. The smallest absolute Gasteiger partial charge is 0.196 e. The lowest BCUT2D eigenvalue weighted by Crippen LogP contribution is -2.53. The van der Waals surface area contributed by atoms with Crippen LogP contribution < -0.4 is 5.73 Å². The second-order valence-corrected chi connectivity index (χ2v) is 8.58. The number of carbonyl (C=O) groups excluding carboxylic acids is 2. The molecule has 5 nitrogen and oxygen atoms in total. The molecule has 0 aromatic carbocycles. The predicted molar refractivity (Wildman–Crippen MR) is 104 cm³/mol. The van der Waals surface area contributed by atoms with Crippen molar-refractivity contribution >= 4 is 11.6 Å². The molecule has 1 fully saturated rings. The van der Waals surface area contributed by atoms with Crippen molar-refractivity contribution in [1.29, 1.82) is 10.5 Å². The van der Waals surface area contributed by atoms with E-state index in [1.54, 1.807) is 18.2 Å². The van der Waals surface area contributed by atoms with E-state index in [0.29, 0.717) is 12.8 Å². The van der Waals surface area contributed by atoms with Crippen LogP contribution in [0.5, 0.6) is 0 Å². The van der Waals surface area contributed by atoms with Gasteiger partial charge in [-0.25, -0.2) is 0 Å². The van der Waals surface area contributed by atoms with Crippen molar-refractivity contribution in [1.82, 2.24) is 0 Å². The first-order valence-electron chi connectivity index (χ1n) is 9.40. The van der Waals surface area contributed by atoms with Gasteiger partial charge < -0.3 is 5.73 Å². The lowest BCUT2D eigenvalue weighted by molar-refractivity contribution is -0.130. The fourth-order valence-electron chi connectivity index (χ4n) is 5.42. The molecule has 1 saturated carbocycles. The molecule has 0 bridgehead atoms. The molecule has 0 saturated heterocycles. The Bertz CT molecular complexity index is 1000. The third kappa shape index (κ3) is 2.65. The van der Waals surface area contributed by atoms with Crippen LogP contribution in [0.4, 0.5) is 0 Å². The van der Waals surface area contributed by atoms with Crippen molar-refractivity contribution < 1.29 is 9.59 Å². The van der Waals surface area contributed by atoms with Crippen LogP contribution in [-0.4, -0.2) is 18.1 Å². The number of nitriles is 2. The number of allylic oxidation sites excluding steroid dienone is 6. The van der Waals surface area contributed by atoms with Crippen molar-refractivity contribution in [2.75, 3.05) is 6.54 Å². The monoisotopic (exact) mass is 373 g/mol. The molecule has 0 amide bonds. The second-order valence-electron chi connectivity index (χ2n) is 8.58. The summed E-state index contributed by atoms with van der Waals surface area (Å²) in [5, 5.41) is 19.0. The summed E-state index contributed by atoms with van der Waals surface area (Å²) in [4.78, 5) is 25.4. The zero-order valence-electron chi connectivity index (χ0n) is 16.4. The summed E-state index contributed by atoms with van der Waals surface area (Å²) in [6.45, 7) is 6.00. The Hall–Kier alpha value is -2.94. The number of rotatable bonds is 1. The van der Waals surface area contributed by atoms with Crippen LogP contribution in [0.2, 0.25) is 0 Å². The number of hydrogen-bond donors (Lipinski definition) is 1. The maximum Gasteiger partial charge on any atom is 0.196 e. The van der Waals surface area contributed by atoms with Crippen LogP contribution in [0.3, 0.4) is 0 Å². The Balaban J connectivity index is 2.26. The summed E-state index contributed by atoms with van der Waals surface area (Å²) in [5.74, 6) is 5.44. The second kappa shape index (κ2) is 6.59. The van der Waals surface area contributed by atoms with Crippen LogP contribution in [-0.2, 0) is 9.59 Å². The molecule has 0 spiro atoms. The van der Waals surface area contributed by atoms with Gasteiger partial charge in [-0.3, -0.25) is 9.59 Å². The highest BCUT2D eigenvalue weighted by atomic mass is 16.1. The standard InChI is InChI=1S/C23H23N3O2/c1-21(2)18-6-8-23(7-4-5-9-24)12-15(13-25)17(27)10-19(23)22(18,3)11-16(14-26)20(21)28/h10-12,18H,6-9,24H2,1-3H3/t18-,22-,23-/m0/s1. The lowest BCUT2D eigenvalue weighted by Gasteiger charge is -2.57. The van der Waals surface area contributed by atoms with Gasteiger partial charge in [-0.1, -0.05) is 38.8 Å². The first kappa shape index (κ1) is 19.8. The normalized spacial score (nSPS) is 32.9. The summed E-state index contributed by atoms with van der Waals surface area (Å²) in [7, 11) is 0. The molecular formula is C23H23N3O2. The summed E-state index contributed by atoms with van der Waals surface area (Å²) in [6, 6.07) is 4.05. The van der Waals surface area contributed by atoms with Crippen molar-refractivity contribution in [3.8, 4) is 24.0 Å². The Morgan fingerprint density at radius 3 is 2.39 bits per heavy atom. The van der Waals surface area contributed by atoms with Crippen LogP contribution in [0.25, 0.3) is 0 Å². The Labute approximate surface area is 165 Å². The first-order valence-corrected chi connectivity index (χ1v) is 9.40. The number of carbonyl (C=O) groups is 2. The minimum Gasteiger partial charge on any atom is -0.320 e. The molecule has 5 heteroatoms. The van der Waals surface area contributed by atoms with E-state index in [-0.39, 0.29) is 35.2 Å². The molecular weight excluding hydrogens is 350 g/mol. The van der Waals surface area contributed by atoms with E-state index in [2.05, 4.69) is 11.8 Å². The molecule has 0 aliphatic heterocycles. The quantitative estimate of drug-likeness (QED) is 0.711. The molecule has 3 aliphatic rings. The highest BCUT2D eigenvalue weighted by Gasteiger charge is 2.59. The van der Waals surface area contributed by atoms with Gasteiger partial charge in [0.15, 0.2) is 11.6 Å². The molecule has 3 atom stereocenters. The van der Waals surface area contributed by atoms with Gasteiger partial charge in [0, 0.05) is 22.7 Å². The fourth-order valence-corrected chi connectivity index (χ4v) is 5.42. The van der Waals surface area contributed by atoms with Crippen molar-refractivity contribution in [3.05, 3.63) is 34.9 Å². The Kier molecular flexibility index (Phi) is 4.66. The summed E-state index contributed by atoms with van der Waals surface area (Å²) in [6.07, 6.45) is 6.90. The van der Waals surface area contributed by atoms with Gasteiger partial charge in [-0.15, -0.1) is 5.92 Å². The Morgan fingerprint density at radius 2 is 1.79 bits per heavy atom. The third-order valence-electron chi connectivity index (χ3n) is 6.70. The van der Waals surface area contributed by atoms with Crippen LogP contribution in [0.1, 0.15) is 40.0 Å². The molecule has 0 heterocycles. The van der Waals surface area contributed by atoms with E-state index >= 15 is 0 Å². The van der Waals surface area contributed by atoms with E-state index in [9.17, 15) is 20.1 Å². The molecule has 3 aliphatic carbocycles. The number of nitrogens with two attached hydrogens (primary N) is 1. The third-order valence-corrected chi connectivity index (χ3v) is 6.70. The van der Waals surface area contributed by atoms with Gasteiger partial charge in [-0.2, -0.15) is 10.5 Å². The van der Waals surface area contributed by atoms with Gasteiger partial charge in [0.2, 0.25) is 0 Å². The number of hydrogen-bond acceptors (Lipinski definition) is 5. The first-order chi connectivity index (χ1) is 13.2. The number of fused-ring (bicyclic) bond motifs is 3. The Morgan fingerprint density at radius 1 is 1.11 bits per heavy atom. The van der Waals surface area contributed by atoms with Gasteiger partial charge in [0.05, 0.1) is 17.7 Å². The number of ketones is 2. The molecule has 0 aromatic heterocycles. The average Bonchev–Trinajstić information content (AvgIpc) is 2.65. The zero-order chi connectivity index (χ0) is 20.7. The van der Waals surface area contributed by atoms with E-state index in [1.165, 1.54) is 0 Å². The van der Waals surface area contributed by atoms with Crippen LogP contribution >= 0.6 is 0 Å². The maximum atomic E-state index is 12.8. The largest absolute Gasteiger partial charge is 0.320 e. The predicted octanol–water partition coefficient (Wildman–Crippen LogP) is 2.76. The van der Waals surface area contributed by atoms with Gasteiger partial charge in [0.25, 0.3) is 0 Å². The minimum absolute atomic E-state index is 0.0451. The number of Topliss-reactive ketones (excluding diaryl/α,β-unsaturated/α-hetero) is 1. The van der Waals surface area contributed by atoms with E-state index in [4.69, 9.17) is 5.73 Å². The average molecular weight is 373 g/mol. The van der Waals surface area contributed by atoms with Crippen molar-refractivity contribution in [2.24, 2.45) is 27.9 Å². The minimum atomic E-state index is -0.716. The molecule has 0 aromatic rings. The molecule has 2 N–H and O–H groups in total. The van der Waals surface area contributed by atoms with Crippen LogP contribution in [0, 0.1) is 56.7 Å². The molecule has 28 heavy (non-hydrogen) atoms. The summed E-state index contributed by atoms with van der Waals surface area (Å²) >= 11 is 0. The molecule has 142 valence electrons. The van der Waals surface area contributed by atoms with Crippen molar-refractivity contribution in [2.45, 2.75) is 40.0 Å². The van der Waals surface area contributed by atoms with E-state index in [0.717, 1.165) is 12.0 Å². The lowest BCUT2D eigenvalue weighted by atomic mass is 9.45. The zero-order valence-corrected chi connectivity index (χ0v) is 16.4. The van der Waals surface area contributed by atoms with Gasteiger partial charge >= 0.3 is 0 Å². The maximum absolute atomic E-state index is 12.8. The SMILES string of the molecule is CC1(C)C(=O)C(C#N)=C[C@]2(C)C3=CC(=O)C(C#N)=C[C@]3(CC#CCN)CC[C@@H]12. The van der Waals surface area contributed by atoms with E-state index in [1.807, 2.05) is 32.9 Å². The fraction of sp³-hybridized carbons (Fsp3) is 0.478.